The molecule has 5 nitrogen and oxygen atoms in total. The van der Waals surface area contributed by atoms with Gasteiger partial charge in [0.15, 0.2) is 5.11 Å². The Morgan fingerprint density at radius 1 is 1.33 bits per heavy atom. The van der Waals surface area contributed by atoms with Crippen LogP contribution in [-0.4, -0.2) is 31.3 Å². The highest BCUT2D eigenvalue weighted by Crippen LogP contribution is 2.26. The van der Waals surface area contributed by atoms with E-state index >= 15 is 0 Å². The van der Waals surface area contributed by atoms with E-state index in [1.807, 2.05) is 17.5 Å². The molecule has 24 heavy (non-hydrogen) atoms. The lowest BCUT2D eigenvalue weighted by Gasteiger charge is -2.11. The third kappa shape index (κ3) is 5.86. The molecule has 0 saturated carbocycles. The highest BCUT2D eigenvalue weighted by Gasteiger charge is 2.11. The topological polar surface area (TPSA) is 59.6 Å². The maximum absolute atomic E-state index is 12.2. The predicted molar refractivity (Wildman–Crippen MR) is 103 cm³/mol. The van der Waals surface area contributed by atoms with Crippen LogP contribution in [0.5, 0.6) is 5.75 Å². The maximum Gasteiger partial charge on any atom is 0.257 e. The minimum absolute atomic E-state index is 0.275. The van der Waals surface area contributed by atoms with E-state index in [-0.39, 0.29) is 5.91 Å². The minimum Gasteiger partial charge on any atom is -0.490 e. The Kier molecular flexibility index (Phi) is 7.64. The van der Waals surface area contributed by atoms with Gasteiger partial charge in [-0.1, -0.05) is 6.07 Å². The zero-order valence-electron chi connectivity index (χ0n) is 13.0. The molecule has 0 atom stereocenters. The third-order valence-electron chi connectivity index (χ3n) is 2.97. The van der Waals surface area contributed by atoms with Crippen molar-refractivity contribution >= 4 is 50.5 Å². The van der Waals surface area contributed by atoms with E-state index in [1.165, 1.54) is 0 Å². The molecule has 1 aromatic heterocycles. The Balaban J connectivity index is 1.87. The number of nitrogens with one attached hydrogen (secondary N) is 2. The zero-order chi connectivity index (χ0) is 17.4. The van der Waals surface area contributed by atoms with Crippen LogP contribution < -0.4 is 15.4 Å². The molecule has 1 aromatic carbocycles. The Labute approximate surface area is 158 Å². The molecule has 2 aromatic rings. The van der Waals surface area contributed by atoms with Crippen molar-refractivity contribution in [3.05, 3.63) is 50.6 Å². The fourth-order valence-corrected chi connectivity index (χ4v) is 3.10. The van der Waals surface area contributed by atoms with Gasteiger partial charge in [-0.15, -0.1) is 11.3 Å². The Hall–Kier alpha value is -1.48. The number of rotatable bonds is 7. The molecule has 0 saturated heterocycles. The van der Waals surface area contributed by atoms with E-state index in [4.69, 9.17) is 21.7 Å². The number of benzene rings is 1. The maximum atomic E-state index is 12.2. The smallest absolute Gasteiger partial charge is 0.257 e. The average Bonchev–Trinajstić information content (AvgIpc) is 3.08. The normalized spacial score (nSPS) is 10.2. The summed E-state index contributed by atoms with van der Waals surface area (Å²) in [5.41, 5.74) is 0.487. The van der Waals surface area contributed by atoms with Crippen LogP contribution >= 0.6 is 39.5 Å². The first-order chi connectivity index (χ1) is 11.6. The molecule has 0 radical (unpaired) electrons. The molecule has 0 aliphatic carbocycles. The molecule has 0 bridgehead atoms. The standard InChI is InChI=1S/C16H17BrN2O3S2/c1-21-6-7-22-14-5-4-11(9-13(14)17)15(20)19-16(23)18-10-12-3-2-8-24-12/h2-5,8-9H,6-7,10H2,1H3,(H2,18,19,20,23). The summed E-state index contributed by atoms with van der Waals surface area (Å²) in [5.74, 6) is 0.379. The first kappa shape index (κ1) is 18.9. The van der Waals surface area contributed by atoms with Crippen LogP contribution in [0.3, 0.4) is 0 Å². The van der Waals surface area contributed by atoms with Crippen LogP contribution in [0.25, 0.3) is 0 Å². The molecular weight excluding hydrogens is 412 g/mol. The summed E-state index contributed by atoms with van der Waals surface area (Å²) < 4.78 is 11.2. The molecule has 0 fully saturated rings. The van der Waals surface area contributed by atoms with Crippen molar-refractivity contribution in [2.75, 3.05) is 20.3 Å². The molecule has 0 aliphatic rings. The number of hydrogen-bond donors (Lipinski definition) is 2. The lowest BCUT2D eigenvalue weighted by Crippen LogP contribution is -2.38. The van der Waals surface area contributed by atoms with Crippen LogP contribution in [0, 0.1) is 0 Å². The predicted octanol–water partition coefficient (Wildman–Crippen LogP) is 3.34. The summed E-state index contributed by atoms with van der Waals surface area (Å²) in [6.07, 6.45) is 0. The fraction of sp³-hybridized carbons (Fsp3) is 0.250. The van der Waals surface area contributed by atoms with Gasteiger partial charge in [-0.25, -0.2) is 0 Å². The van der Waals surface area contributed by atoms with Crippen molar-refractivity contribution < 1.29 is 14.3 Å². The number of halogens is 1. The van der Waals surface area contributed by atoms with Crippen LogP contribution in [-0.2, 0) is 11.3 Å². The van der Waals surface area contributed by atoms with Gasteiger partial charge in [-0.2, -0.15) is 0 Å². The van der Waals surface area contributed by atoms with E-state index in [9.17, 15) is 4.79 Å². The summed E-state index contributed by atoms with van der Waals surface area (Å²) in [5, 5.41) is 7.96. The van der Waals surface area contributed by atoms with Crippen LogP contribution in [0.1, 0.15) is 15.2 Å². The van der Waals surface area contributed by atoms with Crippen molar-refractivity contribution in [2.45, 2.75) is 6.54 Å². The number of hydrogen-bond acceptors (Lipinski definition) is 5. The van der Waals surface area contributed by atoms with Gasteiger partial charge < -0.3 is 14.8 Å². The largest absolute Gasteiger partial charge is 0.490 e. The first-order valence-electron chi connectivity index (χ1n) is 7.13. The quantitative estimate of drug-likeness (QED) is 0.522. The Bertz CT molecular complexity index is 693. The third-order valence-corrected chi connectivity index (χ3v) is 4.71. The summed E-state index contributed by atoms with van der Waals surface area (Å²) in [4.78, 5) is 13.4. The molecule has 0 unspecified atom stereocenters. The molecule has 128 valence electrons. The molecule has 1 amide bonds. The second-order valence-electron chi connectivity index (χ2n) is 4.70. The fourth-order valence-electron chi connectivity index (χ4n) is 1.79. The molecule has 2 rings (SSSR count). The summed E-state index contributed by atoms with van der Waals surface area (Å²) in [7, 11) is 1.61. The zero-order valence-corrected chi connectivity index (χ0v) is 16.2. The van der Waals surface area contributed by atoms with Crippen molar-refractivity contribution in [1.29, 1.82) is 0 Å². The number of methoxy groups -OCH3 is 1. The number of carbonyl (C=O) groups excluding carboxylic acids is 1. The number of carbonyl (C=O) groups is 1. The second-order valence-corrected chi connectivity index (χ2v) is 7.00. The SMILES string of the molecule is COCCOc1ccc(C(=O)NC(=S)NCc2cccs2)cc1Br. The van der Waals surface area contributed by atoms with Gasteiger partial charge in [0, 0.05) is 17.6 Å². The van der Waals surface area contributed by atoms with Crippen molar-refractivity contribution in [2.24, 2.45) is 0 Å². The Morgan fingerprint density at radius 3 is 2.83 bits per heavy atom. The highest BCUT2D eigenvalue weighted by molar-refractivity contribution is 9.10. The lowest BCUT2D eigenvalue weighted by molar-refractivity contribution is 0.0976. The van der Waals surface area contributed by atoms with E-state index in [2.05, 4.69) is 26.6 Å². The first-order valence-corrected chi connectivity index (χ1v) is 9.21. The molecule has 2 N–H and O–H groups in total. The highest BCUT2D eigenvalue weighted by atomic mass is 79.9. The number of amides is 1. The van der Waals surface area contributed by atoms with Gasteiger partial charge >= 0.3 is 0 Å². The number of ether oxygens (including phenoxy) is 2. The van der Waals surface area contributed by atoms with Gasteiger partial charge in [0.2, 0.25) is 0 Å². The second kappa shape index (κ2) is 9.73. The summed E-state index contributed by atoms with van der Waals surface area (Å²) in [6, 6.07) is 9.08. The van der Waals surface area contributed by atoms with Gasteiger partial charge in [0.25, 0.3) is 5.91 Å². The molecule has 1 heterocycles. The van der Waals surface area contributed by atoms with Crippen molar-refractivity contribution in [1.82, 2.24) is 10.6 Å². The number of thiophene rings is 1. The van der Waals surface area contributed by atoms with Gasteiger partial charge in [0.05, 0.1) is 17.6 Å². The molecule has 0 spiro atoms. The Morgan fingerprint density at radius 2 is 2.17 bits per heavy atom. The van der Waals surface area contributed by atoms with Crippen molar-refractivity contribution in [3.63, 3.8) is 0 Å². The molecular formula is C16H17BrN2O3S2. The van der Waals surface area contributed by atoms with Crippen LogP contribution in [0.15, 0.2) is 40.2 Å². The molecule has 0 aliphatic heterocycles. The van der Waals surface area contributed by atoms with E-state index in [0.717, 1.165) is 4.88 Å². The van der Waals surface area contributed by atoms with E-state index in [0.29, 0.717) is 40.7 Å². The van der Waals surface area contributed by atoms with Crippen molar-refractivity contribution in [3.8, 4) is 5.75 Å². The monoisotopic (exact) mass is 428 g/mol. The molecule has 8 heteroatoms. The summed E-state index contributed by atoms with van der Waals surface area (Å²) >= 11 is 10.2. The number of thiocarbonyl (C=S) groups is 1. The van der Waals surface area contributed by atoms with E-state index in [1.54, 1.807) is 36.6 Å². The van der Waals surface area contributed by atoms with Gasteiger partial charge in [-0.05, 0) is 57.8 Å². The van der Waals surface area contributed by atoms with Gasteiger partial charge in [0.1, 0.15) is 12.4 Å². The minimum atomic E-state index is -0.275. The average molecular weight is 429 g/mol. The van der Waals surface area contributed by atoms with Crippen LogP contribution in [0.2, 0.25) is 0 Å². The van der Waals surface area contributed by atoms with E-state index < -0.39 is 0 Å². The van der Waals surface area contributed by atoms with Crippen LogP contribution in [0.4, 0.5) is 0 Å². The summed E-state index contributed by atoms with van der Waals surface area (Å²) in [6.45, 7) is 1.53. The van der Waals surface area contributed by atoms with Gasteiger partial charge in [-0.3, -0.25) is 10.1 Å². The lowest BCUT2D eigenvalue weighted by atomic mass is 10.2.